The largest absolute Gasteiger partial charge is 0.383 e. The van der Waals surface area contributed by atoms with Crippen molar-refractivity contribution in [3.8, 4) is 0 Å². The molecule has 1 aliphatic heterocycles. The van der Waals surface area contributed by atoms with Gasteiger partial charge >= 0.3 is 0 Å². The van der Waals surface area contributed by atoms with Crippen molar-refractivity contribution in [1.82, 2.24) is 10.0 Å². The summed E-state index contributed by atoms with van der Waals surface area (Å²) in [6.07, 6.45) is 1.77. The molecule has 1 saturated heterocycles. The van der Waals surface area contributed by atoms with Gasteiger partial charge in [-0.3, -0.25) is 0 Å². The van der Waals surface area contributed by atoms with Gasteiger partial charge in [0.25, 0.3) is 0 Å². The molecule has 1 aromatic carbocycles. The zero-order valence-electron chi connectivity index (χ0n) is 13.9. The van der Waals surface area contributed by atoms with E-state index in [0.29, 0.717) is 6.61 Å². The van der Waals surface area contributed by atoms with Gasteiger partial charge in [0.2, 0.25) is 10.0 Å². The lowest BCUT2D eigenvalue weighted by molar-refractivity contribution is 0.122. The monoisotopic (exact) mass is 376 g/mol. The van der Waals surface area contributed by atoms with Gasteiger partial charge < -0.3 is 10.1 Å². The zero-order chi connectivity index (χ0) is 17.8. The van der Waals surface area contributed by atoms with Crippen molar-refractivity contribution < 1.29 is 21.6 Å². The molecule has 24 heavy (non-hydrogen) atoms. The summed E-state index contributed by atoms with van der Waals surface area (Å²) >= 11 is 0. The second-order valence-corrected chi connectivity index (χ2v) is 9.99. The van der Waals surface area contributed by atoms with Crippen LogP contribution in [0.4, 0.5) is 0 Å². The fourth-order valence-electron chi connectivity index (χ4n) is 2.79. The normalized spacial score (nSPS) is 21.9. The Kier molecular flexibility index (Phi) is 6.03. The van der Waals surface area contributed by atoms with Crippen LogP contribution in [0.3, 0.4) is 0 Å². The average Bonchev–Trinajstić information content (AvgIpc) is 3.03. The first-order valence-corrected chi connectivity index (χ1v) is 10.9. The molecule has 1 fully saturated rings. The first-order chi connectivity index (χ1) is 11.2. The van der Waals surface area contributed by atoms with Crippen molar-refractivity contribution >= 4 is 19.9 Å². The maximum atomic E-state index is 12.5. The summed E-state index contributed by atoms with van der Waals surface area (Å²) in [7, 11) is -5.68. The third-order valence-corrected chi connectivity index (χ3v) is 7.34. The molecular formula is C15H24N2O5S2. The van der Waals surface area contributed by atoms with Gasteiger partial charge in [-0.25, -0.2) is 21.6 Å². The maximum Gasteiger partial charge on any atom is 0.240 e. The van der Waals surface area contributed by atoms with Gasteiger partial charge in [0, 0.05) is 13.7 Å². The van der Waals surface area contributed by atoms with Crippen LogP contribution in [0.5, 0.6) is 0 Å². The first-order valence-electron chi connectivity index (χ1n) is 7.81. The highest BCUT2D eigenvalue weighted by Gasteiger charge is 2.34. The number of sulfone groups is 1. The molecule has 7 nitrogen and oxygen atoms in total. The summed E-state index contributed by atoms with van der Waals surface area (Å²) in [5.74, 6) is -0.0786. The van der Waals surface area contributed by atoms with E-state index in [4.69, 9.17) is 4.74 Å². The van der Waals surface area contributed by atoms with E-state index in [1.54, 1.807) is 7.11 Å². The average molecular weight is 377 g/mol. The molecule has 1 unspecified atom stereocenters. The van der Waals surface area contributed by atoms with Crippen LogP contribution < -0.4 is 10.0 Å². The van der Waals surface area contributed by atoms with E-state index in [9.17, 15) is 16.8 Å². The van der Waals surface area contributed by atoms with E-state index in [2.05, 4.69) is 10.0 Å². The summed E-state index contributed by atoms with van der Waals surface area (Å²) in [5, 5.41) is 3.29. The fourth-order valence-corrected chi connectivity index (χ4v) is 4.96. The minimum atomic E-state index is -3.81. The van der Waals surface area contributed by atoms with Crippen LogP contribution in [0.1, 0.15) is 19.8 Å². The molecular weight excluding hydrogens is 352 g/mol. The number of hydrogen-bond donors (Lipinski definition) is 2. The Morgan fingerprint density at radius 3 is 2.54 bits per heavy atom. The van der Waals surface area contributed by atoms with E-state index in [1.165, 1.54) is 31.2 Å². The molecule has 2 N–H and O–H groups in total. The van der Waals surface area contributed by atoms with Crippen molar-refractivity contribution in [2.75, 3.05) is 32.6 Å². The lowest BCUT2D eigenvalue weighted by atomic mass is 9.99. The Hall–Kier alpha value is -1.00. The molecule has 136 valence electrons. The minimum Gasteiger partial charge on any atom is -0.383 e. The minimum absolute atomic E-state index is 0.0125. The van der Waals surface area contributed by atoms with E-state index in [0.717, 1.165) is 19.4 Å². The molecule has 0 aromatic heterocycles. The lowest BCUT2D eigenvalue weighted by Gasteiger charge is -2.28. The zero-order valence-corrected chi connectivity index (χ0v) is 15.5. The van der Waals surface area contributed by atoms with Crippen molar-refractivity contribution in [3.05, 3.63) is 24.3 Å². The smallest absolute Gasteiger partial charge is 0.240 e. The van der Waals surface area contributed by atoms with Crippen molar-refractivity contribution in [3.63, 3.8) is 0 Å². The number of ether oxygens (including phenoxy) is 1. The lowest BCUT2D eigenvalue weighted by Crippen LogP contribution is -2.52. The first kappa shape index (κ1) is 19.3. The second kappa shape index (κ2) is 7.49. The summed E-state index contributed by atoms with van der Waals surface area (Å²) in [4.78, 5) is -0.0407. The molecule has 0 saturated carbocycles. The predicted octanol–water partition coefficient (Wildman–Crippen LogP) is 0.527. The molecule has 0 radical (unpaired) electrons. The molecule has 0 amide bonds. The van der Waals surface area contributed by atoms with E-state index in [1.807, 2.05) is 0 Å². The summed E-state index contributed by atoms with van der Waals surface area (Å²) in [6, 6.07) is 5.44. The summed E-state index contributed by atoms with van der Waals surface area (Å²) < 4.78 is 56.7. The van der Waals surface area contributed by atoms with Gasteiger partial charge in [-0.15, -0.1) is 0 Å². The van der Waals surface area contributed by atoms with Gasteiger partial charge in [0.1, 0.15) is 0 Å². The van der Waals surface area contributed by atoms with Crippen LogP contribution in [0, 0.1) is 0 Å². The molecule has 1 aliphatic rings. The highest BCUT2D eigenvalue weighted by molar-refractivity contribution is 7.91. The Labute approximate surface area is 143 Å². The predicted molar refractivity (Wildman–Crippen MR) is 91.2 cm³/mol. The van der Waals surface area contributed by atoms with Gasteiger partial charge in [-0.2, -0.15) is 0 Å². The van der Waals surface area contributed by atoms with E-state index >= 15 is 0 Å². The third-order valence-electron chi connectivity index (χ3n) is 4.21. The fraction of sp³-hybridized carbons (Fsp3) is 0.600. The number of sulfonamides is 1. The molecule has 0 bridgehead atoms. The molecule has 0 aliphatic carbocycles. The van der Waals surface area contributed by atoms with Crippen LogP contribution >= 0.6 is 0 Å². The molecule has 1 heterocycles. The van der Waals surface area contributed by atoms with Gasteiger partial charge in [-0.05, 0) is 37.6 Å². The summed E-state index contributed by atoms with van der Waals surface area (Å²) in [5.41, 5.74) is -0.422. The van der Waals surface area contributed by atoms with Crippen molar-refractivity contribution in [2.24, 2.45) is 0 Å². The van der Waals surface area contributed by atoms with E-state index in [-0.39, 0.29) is 22.1 Å². The van der Waals surface area contributed by atoms with Gasteiger partial charge in [-0.1, -0.05) is 13.0 Å². The summed E-state index contributed by atoms with van der Waals surface area (Å²) in [6.45, 7) is 2.93. The molecule has 0 spiro atoms. The number of rotatable bonds is 8. The molecule has 1 atom stereocenters. The molecule has 2 rings (SSSR count). The molecule has 1 aromatic rings. The quantitative estimate of drug-likeness (QED) is 0.686. The highest BCUT2D eigenvalue weighted by Crippen LogP contribution is 2.21. The van der Waals surface area contributed by atoms with Crippen molar-refractivity contribution in [2.45, 2.75) is 35.1 Å². The van der Waals surface area contributed by atoms with Crippen LogP contribution in [-0.2, 0) is 24.6 Å². The van der Waals surface area contributed by atoms with Crippen LogP contribution in [0.15, 0.2) is 34.1 Å². The third kappa shape index (κ3) is 4.34. The van der Waals surface area contributed by atoms with Crippen LogP contribution in [0.25, 0.3) is 0 Å². The van der Waals surface area contributed by atoms with Gasteiger partial charge in [0.05, 0.1) is 27.7 Å². The number of nitrogens with one attached hydrogen (secondary N) is 2. The Morgan fingerprint density at radius 2 is 1.96 bits per heavy atom. The highest BCUT2D eigenvalue weighted by atomic mass is 32.2. The van der Waals surface area contributed by atoms with Crippen molar-refractivity contribution in [1.29, 1.82) is 0 Å². The standard InChI is InChI=1S/C15H24N2O5S2/c1-3-23(18,19)13-6-4-7-14(10-13)24(20,21)17-11-15(12-22-2)8-5-9-16-15/h4,6-7,10,16-17H,3,5,8-9,11-12H2,1-2H3. The molecule has 9 heteroatoms. The van der Waals surface area contributed by atoms with Crippen LogP contribution in [0.2, 0.25) is 0 Å². The Bertz CT molecular complexity index is 769. The van der Waals surface area contributed by atoms with E-state index < -0.39 is 25.4 Å². The topological polar surface area (TPSA) is 102 Å². The number of hydrogen-bond acceptors (Lipinski definition) is 6. The Morgan fingerprint density at radius 1 is 1.25 bits per heavy atom. The number of benzene rings is 1. The number of methoxy groups -OCH3 is 1. The van der Waals surface area contributed by atoms with Crippen LogP contribution in [-0.4, -0.2) is 54.9 Å². The SMILES string of the molecule is CCS(=O)(=O)c1cccc(S(=O)(=O)NCC2(COC)CCCN2)c1. The second-order valence-electron chi connectivity index (χ2n) is 5.95. The Balaban J connectivity index is 2.20. The van der Waals surface area contributed by atoms with Gasteiger partial charge in [0.15, 0.2) is 9.84 Å². The maximum absolute atomic E-state index is 12.5.